The molecule has 0 spiro atoms. The molecule has 90 valence electrons. The zero-order chi connectivity index (χ0) is 12.3. The van der Waals surface area contributed by atoms with Crippen molar-refractivity contribution in [3.05, 3.63) is 46.5 Å². The Morgan fingerprint density at radius 1 is 1.53 bits per heavy atom. The molecule has 0 aliphatic carbocycles. The summed E-state index contributed by atoms with van der Waals surface area (Å²) in [6.07, 6.45) is 4.15. The van der Waals surface area contributed by atoms with Gasteiger partial charge in [-0.25, -0.2) is 4.98 Å². The van der Waals surface area contributed by atoms with Crippen molar-refractivity contribution in [3.8, 4) is 5.75 Å². The minimum atomic E-state index is -0.163. The highest BCUT2D eigenvalue weighted by atomic mass is 79.9. The second-order valence-electron chi connectivity index (χ2n) is 3.59. The van der Waals surface area contributed by atoms with Crippen LogP contribution in [0.5, 0.6) is 5.75 Å². The van der Waals surface area contributed by atoms with Crippen LogP contribution in [0, 0.1) is 0 Å². The predicted molar refractivity (Wildman–Crippen MR) is 71.6 cm³/mol. The summed E-state index contributed by atoms with van der Waals surface area (Å²) < 4.78 is 6.29. The van der Waals surface area contributed by atoms with E-state index in [2.05, 4.69) is 25.9 Å². The van der Waals surface area contributed by atoms with Gasteiger partial charge in [0.1, 0.15) is 11.6 Å². The van der Waals surface area contributed by atoms with Crippen molar-refractivity contribution in [1.82, 2.24) is 9.97 Å². The maximum Gasteiger partial charge on any atom is 0.124 e. The Morgan fingerprint density at radius 2 is 2.35 bits per heavy atom. The van der Waals surface area contributed by atoms with E-state index in [-0.39, 0.29) is 5.38 Å². The van der Waals surface area contributed by atoms with Gasteiger partial charge in [-0.1, -0.05) is 22.0 Å². The molecule has 1 unspecified atom stereocenters. The topological polar surface area (TPSA) is 37.9 Å². The predicted octanol–water partition coefficient (Wildman–Crippen LogP) is 3.70. The molecule has 0 aliphatic heterocycles. The molecule has 0 amide bonds. The fourth-order valence-electron chi connectivity index (χ4n) is 1.63. The van der Waals surface area contributed by atoms with Gasteiger partial charge >= 0.3 is 0 Å². The lowest BCUT2D eigenvalue weighted by Gasteiger charge is -2.13. The van der Waals surface area contributed by atoms with Gasteiger partial charge < -0.3 is 9.72 Å². The Bertz CT molecular complexity index is 487. The zero-order valence-electron chi connectivity index (χ0n) is 9.28. The maximum absolute atomic E-state index is 6.38. The van der Waals surface area contributed by atoms with Crippen LogP contribution in [0.25, 0.3) is 0 Å². The number of hydrogen-bond donors (Lipinski definition) is 1. The highest BCUT2D eigenvalue weighted by molar-refractivity contribution is 9.10. The van der Waals surface area contributed by atoms with E-state index in [0.29, 0.717) is 6.42 Å². The van der Waals surface area contributed by atoms with E-state index in [0.717, 1.165) is 21.6 Å². The second kappa shape index (κ2) is 5.56. The molecule has 1 aromatic carbocycles. The van der Waals surface area contributed by atoms with Crippen LogP contribution in [-0.2, 0) is 6.42 Å². The molecule has 2 aromatic rings. The number of halogens is 2. The molecule has 3 nitrogen and oxygen atoms in total. The Labute approximate surface area is 113 Å². The number of nitrogens with zero attached hydrogens (tertiary/aromatic N) is 1. The molecule has 1 N–H and O–H groups in total. The molecular formula is C12H12BrClN2O. The Hall–Kier alpha value is -1.00. The largest absolute Gasteiger partial charge is 0.496 e. The molecular weight excluding hydrogens is 304 g/mol. The van der Waals surface area contributed by atoms with Gasteiger partial charge in [-0.3, -0.25) is 0 Å². The molecule has 1 atom stereocenters. The van der Waals surface area contributed by atoms with Gasteiger partial charge in [-0.2, -0.15) is 0 Å². The Kier molecular flexibility index (Phi) is 4.07. The lowest BCUT2D eigenvalue weighted by molar-refractivity contribution is 0.408. The molecule has 0 bridgehead atoms. The smallest absolute Gasteiger partial charge is 0.124 e. The lowest BCUT2D eigenvalue weighted by atomic mass is 10.1. The first-order chi connectivity index (χ1) is 8.20. The van der Waals surface area contributed by atoms with Crippen molar-refractivity contribution in [2.45, 2.75) is 11.8 Å². The number of H-pyrrole nitrogens is 1. The fourth-order valence-corrected chi connectivity index (χ4v) is 2.30. The summed E-state index contributed by atoms with van der Waals surface area (Å²) in [5, 5.41) is -0.163. The maximum atomic E-state index is 6.38. The lowest BCUT2D eigenvalue weighted by Crippen LogP contribution is -2.00. The molecule has 0 aliphatic rings. The normalized spacial score (nSPS) is 12.4. The number of imidazole rings is 1. The standard InChI is InChI=1S/C12H12BrClN2O/c1-17-11-6-8(13)2-3-9(11)10(14)7-12-15-4-5-16-12/h2-6,10H,7H2,1H3,(H,15,16). The summed E-state index contributed by atoms with van der Waals surface area (Å²) in [6, 6.07) is 5.83. The third kappa shape index (κ3) is 3.01. The van der Waals surface area contributed by atoms with Crippen LogP contribution in [0.3, 0.4) is 0 Å². The van der Waals surface area contributed by atoms with Crippen LogP contribution < -0.4 is 4.74 Å². The number of alkyl halides is 1. The number of nitrogens with one attached hydrogen (secondary N) is 1. The first kappa shape index (κ1) is 12.5. The van der Waals surface area contributed by atoms with Crippen LogP contribution in [0.15, 0.2) is 35.1 Å². The van der Waals surface area contributed by atoms with Crippen molar-refractivity contribution < 1.29 is 4.74 Å². The number of methoxy groups -OCH3 is 1. The number of benzene rings is 1. The van der Waals surface area contributed by atoms with Crippen LogP contribution in [-0.4, -0.2) is 17.1 Å². The summed E-state index contributed by atoms with van der Waals surface area (Å²) in [6.45, 7) is 0. The van der Waals surface area contributed by atoms with Crippen LogP contribution in [0.4, 0.5) is 0 Å². The quantitative estimate of drug-likeness (QED) is 0.874. The van der Waals surface area contributed by atoms with E-state index in [4.69, 9.17) is 16.3 Å². The third-order valence-corrected chi connectivity index (χ3v) is 3.34. The highest BCUT2D eigenvalue weighted by Gasteiger charge is 2.15. The van der Waals surface area contributed by atoms with E-state index >= 15 is 0 Å². The molecule has 5 heteroatoms. The minimum Gasteiger partial charge on any atom is -0.496 e. The monoisotopic (exact) mass is 314 g/mol. The van der Waals surface area contributed by atoms with E-state index in [9.17, 15) is 0 Å². The van der Waals surface area contributed by atoms with Gasteiger partial charge in [-0.15, -0.1) is 11.6 Å². The molecule has 1 heterocycles. The average molecular weight is 316 g/mol. The molecule has 0 fully saturated rings. The summed E-state index contributed by atoms with van der Waals surface area (Å²) >= 11 is 9.78. The zero-order valence-corrected chi connectivity index (χ0v) is 11.6. The Balaban J connectivity index is 2.21. The van der Waals surface area contributed by atoms with Crippen molar-refractivity contribution in [2.24, 2.45) is 0 Å². The van der Waals surface area contributed by atoms with E-state index in [1.54, 1.807) is 19.5 Å². The molecule has 0 radical (unpaired) electrons. The van der Waals surface area contributed by atoms with Crippen LogP contribution >= 0.6 is 27.5 Å². The number of rotatable bonds is 4. The number of hydrogen-bond acceptors (Lipinski definition) is 2. The van der Waals surface area contributed by atoms with Crippen LogP contribution in [0.2, 0.25) is 0 Å². The number of ether oxygens (including phenoxy) is 1. The van der Waals surface area contributed by atoms with Gasteiger partial charge in [-0.05, 0) is 12.1 Å². The highest BCUT2D eigenvalue weighted by Crippen LogP contribution is 2.33. The summed E-state index contributed by atoms with van der Waals surface area (Å²) in [4.78, 5) is 7.21. The van der Waals surface area contributed by atoms with Gasteiger partial charge in [0, 0.05) is 28.9 Å². The number of aromatic amines is 1. The van der Waals surface area contributed by atoms with Crippen molar-refractivity contribution in [2.75, 3.05) is 7.11 Å². The Morgan fingerprint density at radius 3 is 3.00 bits per heavy atom. The number of aromatic nitrogens is 2. The second-order valence-corrected chi connectivity index (χ2v) is 5.04. The molecule has 0 saturated carbocycles. The van der Waals surface area contributed by atoms with Crippen LogP contribution in [0.1, 0.15) is 16.8 Å². The van der Waals surface area contributed by atoms with Gasteiger partial charge in [0.15, 0.2) is 0 Å². The summed E-state index contributed by atoms with van der Waals surface area (Å²) in [5.41, 5.74) is 0.966. The summed E-state index contributed by atoms with van der Waals surface area (Å²) in [5.74, 6) is 1.65. The average Bonchev–Trinajstić information content (AvgIpc) is 2.81. The third-order valence-electron chi connectivity index (χ3n) is 2.46. The molecule has 17 heavy (non-hydrogen) atoms. The van der Waals surface area contributed by atoms with Gasteiger partial charge in [0.05, 0.1) is 12.5 Å². The SMILES string of the molecule is COc1cc(Br)ccc1C(Cl)Cc1ncc[nH]1. The van der Waals surface area contributed by atoms with E-state index < -0.39 is 0 Å². The first-order valence-corrected chi connectivity index (χ1v) is 6.39. The fraction of sp³-hybridized carbons (Fsp3) is 0.250. The van der Waals surface area contributed by atoms with Gasteiger partial charge in [0.2, 0.25) is 0 Å². The van der Waals surface area contributed by atoms with Crippen molar-refractivity contribution in [3.63, 3.8) is 0 Å². The molecule has 0 saturated heterocycles. The van der Waals surface area contributed by atoms with Crippen molar-refractivity contribution >= 4 is 27.5 Å². The van der Waals surface area contributed by atoms with Gasteiger partial charge in [0.25, 0.3) is 0 Å². The summed E-state index contributed by atoms with van der Waals surface area (Å²) in [7, 11) is 1.64. The first-order valence-electron chi connectivity index (χ1n) is 5.16. The minimum absolute atomic E-state index is 0.163. The molecule has 2 rings (SSSR count). The van der Waals surface area contributed by atoms with E-state index in [1.165, 1.54) is 0 Å². The molecule has 1 aromatic heterocycles. The van der Waals surface area contributed by atoms with E-state index in [1.807, 2.05) is 18.2 Å². The van der Waals surface area contributed by atoms with Crippen molar-refractivity contribution in [1.29, 1.82) is 0 Å².